The molecule has 0 aliphatic carbocycles. The number of rotatable bonds is 2. The lowest BCUT2D eigenvalue weighted by Gasteiger charge is -2.09. The molecule has 0 bridgehead atoms. The van der Waals surface area contributed by atoms with Crippen molar-refractivity contribution in [1.82, 2.24) is 9.97 Å². The number of nitrogens with one attached hydrogen (secondary N) is 1. The van der Waals surface area contributed by atoms with Crippen molar-refractivity contribution < 1.29 is 0 Å². The molecule has 3 rings (SSSR count). The Morgan fingerprint density at radius 1 is 1.15 bits per heavy atom. The first-order valence-corrected chi connectivity index (χ1v) is 7.03. The van der Waals surface area contributed by atoms with Gasteiger partial charge in [-0.15, -0.1) is 0 Å². The Morgan fingerprint density at radius 2 is 1.85 bits per heavy atom. The van der Waals surface area contributed by atoms with Crippen molar-refractivity contribution in [1.29, 1.82) is 0 Å². The second-order valence-electron chi connectivity index (χ2n) is 5.68. The van der Waals surface area contributed by atoms with E-state index in [0.29, 0.717) is 5.92 Å². The van der Waals surface area contributed by atoms with Gasteiger partial charge in [-0.1, -0.05) is 19.9 Å². The van der Waals surface area contributed by atoms with Crippen molar-refractivity contribution in [3.05, 3.63) is 53.3 Å². The minimum absolute atomic E-state index is 0.461. The number of fused-ring (bicyclic) bond motifs is 1. The van der Waals surface area contributed by atoms with Gasteiger partial charge in [0.2, 0.25) is 0 Å². The molecule has 1 aromatic carbocycles. The summed E-state index contributed by atoms with van der Waals surface area (Å²) in [5.41, 5.74) is 7.08. The van der Waals surface area contributed by atoms with E-state index in [1.807, 2.05) is 19.9 Å². The van der Waals surface area contributed by atoms with Crippen molar-refractivity contribution >= 4 is 10.9 Å². The molecule has 0 fully saturated rings. The highest BCUT2D eigenvalue weighted by Crippen LogP contribution is 2.35. The number of H-pyrrole nitrogens is 1. The summed E-state index contributed by atoms with van der Waals surface area (Å²) >= 11 is 0. The van der Waals surface area contributed by atoms with Gasteiger partial charge in [0.05, 0.1) is 5.69 Å². The van der Waals surface area contributed by atoms with Crippen molar-refractivity contribution in [2.45, 2.75) is 33.6 Å². The Bertz CT molecular complexity index is 746. The van der Waals surface area contributed by atoms with Gasteiger partial charge in [-0.3, -0.25) is 4.98 Å². The molecule has 101 valence electrons. The van der Waals surface area contributed by atoms with Gasteiger partial charge in [-0.05, 0) is 55.7 Å². The third-order valence-electron chi connectivity index (χ3n) is 3.63. The largest absolute Gasteiger partial charge is 0.354 e. The lowest BCUT2D eigenvalue weighted by Crippen LogP contribution is -1.93. The summed E-state index contributed by atoms with van der Waals surface area (Å²) in [6.07, 6.45) is 0. The van der Waals surface area contributed by atoms with E-state index >= 15 is 0 Å². The number of benzene rings is 1. The molecule has 0 spiro atoms. The molecule has 1 N–H and O–H groups in total. The second-order valence-corrected chi connectivity index (χ2v) is 5.68. The first-order chi connectivity index (χ1) is 9.56. The number of hydrogen-bond acceptors (Lipinski definition) is 1. The molecule has 2 heteroatoms. The van der Waals surface area contributed by atoms with Crippen molar-refractivity contribution in [3.63, 3.8) is 0 Å². The van der Waals surface area contributed by atoms with Gasteiger partial charge >= 0.3 is 0 Å². The summed E-state index contributed by atoms with van der Waals surface area (Å²) in [6.45, 7) is 8.56. The average Bonchev–Trinajstić information content (AvgIpc) is 2.76. The van der Waals surface area contributed by atoms with E-state index in [9.17, 15) is 0 Å². The van der Waals surface area contributed by atoms with Crippen LogP contribution in [0.3, 0.4) is 0 Å². The lowest BCUT2D eigenvalue weighted by molar-refractivity contribution is 0.878. The summed E-state index contributed by atoms with van der Waals surface area (Å²) < 4.78 is 0. The SMILES string of the molecule is Cc1cc(-c2[nH]c3cc[c]cc3c2C(C)C)cc(C)n1. The Labute approximate surface area is 119 Å². The maximum atomic E-state index is 4.47. The molecule has 3 aromatic rings. The van der Waals surface area contributed by atoms with Gasteiger partial charge in [0.1, 0.15) is 0 Å². The van der Waals surface area contributed by atoms with Crippen LogP contribution in [0.5, 0.6) is 0 Å². The molecule has 0 saturated heterocycles. The third-order valence-corrected chi connectivity index (χ3v) is 3.63. The molecule has 2 aromatic heterocycles. The smallest absolute Gasteiger partial charge is 0.0501 e. The van der Waals surface area contributed by atoms with Crippen LogP contribution in [0.25, 0.3) is 22.2 Å². The van der Waals surface area contributed by atoms with Crippen LogP contribution in [0, 0.1) is 19.9 Å². The van der Waals surface area contributed by atoms with E-state index in [2.05, 4.69) is 54.1 Å². The highest BCUT2D eigenvalue weighted by atomic mass is 14.7. The number of aryl methyl sites for hydroxylation is 2. The van der Waals surface area contributed by atoms with Crippen molar-refractivity contribution in [2.75, 3.05) is 0 Å². The Balaban J connectivity index is 2.32. The van der Waals surface area contributed by atoms with Gasteiger partial charge in [0.25, 0.3) is 0 Å². The van der Waals surface area contributed by atoms with Gasteiger partial charge in [-0.25, -0.2) is 0 Å². The van der Waals surface area contributed by atoms with E-state index in [1.54, 1.807) is 0 Å². The van der Waals surface area contributed by atoms with E-state index in [0.717, 1.165) is 11.4 Å². The van der Waals surface area contributed by atoms with Crippen LogP contribution < -0.4 is 0 Å². The molecule has 0 saturated carbocycles. The Morgan fingerprint density at radius 3 is 2.50 bits per heavy atom. The normalized spacial score (nSPS) is 11.4. The predicted octanol–water partition coefficient (Wildman–Crippen LogP) is 4.77. The zero-order valence-electron chi connectivity index (χ0n) is 12.4. The first kappa shape index (κ1) is 12.9. The Kier molecular flexibility index (Phi) is 3.09. The summed E-state index contributed by atoms with van der Waals surface area (Å²) in [5.74, 6) is 0.461. The molecule has 0 aliphatic heterocycles. The molecule has 2 nitrogen and oxygen atoms in total. The van der Waals surface area contributed by atoms with Gasteiger partial charge in [-0.2, -0.15) is 0 Å². The van der Waals surface area contributed by atoms with Crippen LogP contribution in [0.4, 0.5) is 0 Å². The standard InChI is InChI=1S/C18H19N2/c1-11(2)17-15-7-5-6-8-16(15)20-18(17)14-9-12(3)19-13(4)10-14/h6-11,20H,1-4H3. The molecule has 0 amide bonds. The molecule has 1 radical (unpaired) electrons. The number of pyridine rings is 1. The molecule has 0 atom stereocenters. The first-order valence-electron chi connectivity index (χ1n) is 7.03. The van der Waals surface area contributed by atoms with Gasteiger partial charge in [0, 0.05) is 27.9 Å². The van der Waals surface area contributed by atoms with E-state index in [1.165, 1.54) is 27.7 Å². The predicted molar refractivity (Wildman–Crippen MR) is 83.9 cm³/mol. The number of nitrogens with zero attached hydrogens (tertiary/aromatic N) is 1. The number of hydrogen-bond donors (Lipinski definition) is 1. The monoisotopic (exact) mass is 263 g/mol. The average molecular weight is 263 g/mol. The van der Waals surface area contributed by atoms with Crippen molar-refractivity contribution in [2.24, 2.45) is 0 Å². The van der Waals surface area contributed by atoms with Crippen LogP contribution in [0.1, 0.15) is 36.7 Å². The second kappa shape index (κ2) is 4.78. The molecule has 20 heavy (non-hydrogen) atoms. The maximum Gasteiger partial charge on any atom is 0.0501 e. The van der Waals surface area contributed by atoms with Gasteiger partial charge < -0.3 is 4.98 Å². The minimum Gasteiger partial charge on any atom is -0.354 e. The summed E-state index contributed by atoms with van der Waals surface area (Å²) in [5, 5.41) is 1.27. The van der Waals surface area contributed by atoms with Crippen LogP contribution in [-0.4, -0.2) is 9.97 Å². The van der Waals surface area contributed by atoms with Crippen LogP contribution in [0.15, 0.2) is 30.3 Å². The quantitative estimate of drug-likeness (QED) is 0.708. The minimum atomic E-state index is 0.461. The molecule has 0 aliphatic rings. The fourth-order valence-electron chi connectivity index (χ4n) is 2.91. The molecule has 0 unspecified atom stereocenters. The van der Waals surface area contributed by atoms with Gasteiger partial charge in [0.15, 0.2) is 0 Å². The summed E-state index contributed by atoms with van der Waals surface area (Å²) in [6, 6.07) is 13.6. The topological polar surface area (TPSA) is 28.7 Å². The fraction of sp³-hybridized carbons (Fsp3) is 0.278. The number of aromatic amines is 1. The maximum absolute atomic E-state index is 4.47. The zero-order chi connectivity index (χ0) is 14.3. The zero-order valence-corrected chi connectivity index (χ0v) is 12.4. The van der Waals surface area contributed by atoms with Crippen LogP contribution in [-0.2, 0) is 0 Å². The van der Waals surface area contributed by atoms with Crippen LogP contribution >= 0.6 is 0 Å². The molecule has 2 heterocycles. The summed E-state index contributed by atoms with van der Waals surface area (Å²) in [4.78, 5) is 8.04. The van der Waals surface area contributed by atoms with Crippen molar-refractivity contribution in [3.8, 4) is 11.3 Å². The molecular formula is C18H19N2. The van der Waals surface area contributed by atoms with E-state index < -0.39 is 0 Å². The summed E-state index contributed by atoms with van der Waals surface area (Å²) in [7, 11) is 0. The molecular weight excluding hydrogens is 244 g/mol. The third kappa shape index (κ3) is 2.11. The fourth-order valence-corrected chi connectivity index (χ4v) is 2.91. The highest BCUT2D eigenvalue weighted by molar-refractivity contribution is 5.91. The van der Waals surface area contributed by atoms with E-state index in [-0.39, 0.29) is 0 Å². The van der Waals surface area contributed by atoms with E-state index in [4.69, 9.17) is 0 Å². The lowest BCUT2D eigenvalue weighted by atomic mass is 9.96. The Hall–Kier alpha value is -2.09. The van der Waals surface area contributed by atoms with Crippen LogP contribution in [0.2, 0.25) is 0 Å². The highest BCUT2D eigenvalue weighted by Gasteiger charge is 2.16. The number of aromatic nitrogens is 2.